The summed E-state index contributed by atoms with van der Waals surface area (Å²) in [6.07, 6.45) is 1.74. The van der Waals surface area contributed by atoms with Crippen molar-refractivity contribution in [1.29, 1.82) is 0 Å². The molecular formula is C13H15ClO2. The lowest BCUT2D eigenvalue weighted by Gasteiger charge is -2.21. The topological polar surface area (TPSA) is 26.3 Å². The highest BCUT2D eigenvalue weighted by Gasteiger charge is 2.38. The smallest absolute Gasteiger partial charge is 0.194 e. The maximum absolute atomic E-state index is 12.2. The Kier molecular flexibility index (Phi) is 3.04. The fraction of sp³-hybridized carbons (Fsp3) is 0.462. The van der Waals surface area contributed by atoms with Gasteiger partial charge in [-0.1, -0.05) is 23.7 Å². The van der Waals surface area contributed by atoms with E-state index in [0.717, 1.165) is 18.4 Å². The zero-order valence-corrected chi connectivity index (χ0v) is 10.3. The van der Waals surface area contributed by atoms with Crippen LogP contribution in [0.15, 0.2) is 18.2 Å². The number of Topliss-reactive ketones (excluding diaryl/α,β-unsaturated/α-hetero) is 1. The monoisotopic (exact) mass is 238 g/mol. The van der Waals surface area contributed by atoms with E-state index in [1.165, 1.54) is 0 Å². The van der Waals surface area contributed by atoms with E-state index in [4.69, 9.17) is 16.3 Å². The molecule has 0 aliphatic carbocycles. The Morgan fingerprint density at radius 1 is 1.50 bits per heavy atom. The SMILES string of the molecule is Cc1ccc(C(=O)C2(C)CCCO2)cc1Cl. The van der Waals surface area contributed by atoms with Crippen molar-refractivity contribution in [2.45, 2.75) is 32.3 Å². The lowest BCUT2D eigenvalue weighted by atomic mass is 9.92. The average Bonchev–Trinajstić information content (AvgIpc) is 2.70. The number of hydrogen-bond donors (Lipinski definition) is 0. The molecule has 0 bridgehead atoms. The average molecular weight is 239 g/mol. The quantitative estimate of drug-likeness (QED) is 0.739. The first kappa shape index (κ1) is 11.6. The van der Waals surface area contributed by atoms with Crippen molar-refractivity contribution in [2.75, 3.05) is 6.61 Å². The Labute approximate surface area is 101 Å². The van der Waals surface area contributed by atoms with Crippen LogP contribution in [-0.4, -0.2) is 18.0 Å². The molecule has 1 heterocycles. The van der Waals surface area contributed by atoms with Crippen molar-refractivity contribution < 1.29 is 9.53 Å². The molecule has 0 N–H and O–H groups in total. The molecular weight excluding hydrogens is 224 g/mol. The standard InChI is InChI=1S/C13H15ClO2/c1-9-4-5-10(8-11(9)14)12(15)13(2)6-3-7-16-13/h4-5,8H,3,6-7H2,1-2H3. The molecule has 2 rings (SSSR count). The van der Waals surface area contributed by atoms with Crippen LogP contribution in [0.2, 0.25) is 5.02 Å². The van der Waals surface area contributed by atoms with Gasteiger partial charge in [-0.25, -0.2) is 0 Å². The number of halogens is 1. The Hall–Kier alpha value is -0.860. The van der Waals surface area contributed by atoms with E-state index >= 15 is 0 Å². The first-order valence-electron chi connectivity index (χ1n) is 5.48. The van der Waals surface area contributed by atoms with Gasteiger partial charge in [0.2, 0.25) is 0 Å². The summed E-state index contributed by atoms with van der Waals surface area (Å²) in [5.74, 6) is 0.0342. The van der Waals surface area contributed by atoms with Crippen LogP contribution in [0.1, 0.15) is 35.7 Å². The third-order valence-corrected chi connectivity index (χ3v) is 3.54. The van der Waals surface area contributed by atoms with Gasteiger partial charge >= 0.3 is 0 Å². The van der Waals surface area contributed by atoms with Gasteiger partial charge < -0.3 is 4.74 Å². The molecule has 1 aliphatic rings. The summed E-state index contributed by atoms with van der Waals surface area (Å²) in [5.41, 5.74) is 0.967. The van der Waals surface area contributed by atoms with Crippen LogP contribution < -0.4 is 0 Å². The number of carbonyl (C=O) groups is 1. The minimum Gasteiger partial charge on any atom is -0.367 e. The number of aryl methyl sites for hydroxylation is 1. The number of hydrogen-bond acceptors (Lipinski definition) is 2. The fourth-order valence-corrected chi connectivity index (χ4v) is 2.18. The molecule has 2 nitrogen and oxygen atoms in total. The number of benzene rings is 1. The molecule has 1 unspecified atom stereocenters. The normalized spacial score (nSPS) is 24.7. The summed E-state index contributed by atoms with van der Waals surface area (Å²) < 4.78 is 5.53. The fourth-order valence-electron chi connectivity index (χ4n) is 2.00. The molecule has 1 aromatic rings. The molecule has 1 aliphatic heterocycles. The van der Waals surface area contributed by atoms with E-state index in [1.807, 2.05) is 26.0 Å². The summed E-state index contributed by atoms with van der Waals surface area (Å²) in [4.78, 5) is 12.2. The third kappa shape index (κ3) is 2.00. The first-order valence-corrected chi connectivity index (χ1v) is 5.86. The first-order chi connectivity index (χ1) is 7.53. The van der Waals surface area contributed by atoms with E-state index in [1.54, 1.807) is 6.07 Å². The van der Waals surface area contributed by atoms with Crippen molar-refractivity contribution in [3.8, 4) is 0 Å². The number of ether oxygens (including phenoxy) is 1. The molecule has 0 saturated carbocycles. The lowest BCUT2D eigenvalue weighted by molar-refractivity contribution is 0.0213. The molecule has 1 atom stereocenters. The Bertz CT molecular complexity index is 420. The summed E-state index contributed by atoms with van der Waals surface area (Å²) in [6, 6.07) is 5.41. The van der Waals surface area contributed by atoms with E-state index in [9.17, 15) is 4.79 Å². The predicted molar refractivity (Wildman–Crippen MR) is 64.1 cm³/mol. The second-order valence-electron chi connectivity index (χ2n) is 4.48. The Morgan fingerprint density at radius 2 is 2.25 bits per heavy atom. The summed E-state index contributed by atoms with van der Waals surface area (Å²) in [5, 5.41) is 0.632. The van der Waals surface area contributed by atoms with Gasteiger partial charge in [0.25, 0.3) is 0 Å². The van der Waals surface area contributed by atoms with E-state index in [0.29, 0.717) is 17.2 Å². The lowest BCUT2D eigenvalue weighted by Crippen LogP contribution is -2.34. The van der Waals surface area contributed by atoms with Crippen molar-refractivity contribution in [2.24, 2.45) is 0 Å². The van der Waals surface area contributed by atoms with Crippen molar-refractivity contribution >= 4 is 17.4 Å². The zero-order chi connectivity index (χ0) is 11.8. The minimum absolute atomic E-state index is 0.0342. The van der Waals surface area contributed by atoms with Gasteiger partial charge in [-0.2, -0.15) is 0 Å². The Morgan fingerprint density at radius 3 is 2.81 bits per heavy atom. The van der Waals surface area contributed by atoms with Crippen LogP contribution in [0, 0.1) is 6.92 Å². The second kappa shape index (κ2) is 4.19. The number of ketones is 1. The van der Waals surface area contributed by atoms with Gasteiger partial charge in [0.05, 0.1) is 0 Å². The van der Waals surface area contributed by atoms with Crippen LogP contribution in [0.3, 0.4) is 0 Å². The number of carbonyl (C=O) groups excluding carboxylic acids is 1. The van der Waals surface area contributed by atoms with Crippen molar-refractivity contribution in [3.63, 3.8) is 0 Å². The van der Waals surface area contributed by atoms with Gasteiger partial charge in [0, 0.05) is 17.2 Å². The summed E-state index contributed by atoms with van der Waals surface area (Å²) in [7, 11) is 0. The van der Waals surface area contributed by atoms with E-state index in [-0.39, 0.29) is 5.78 Å². The molecule has 0 aromatic heterocycles. The van der Waals surface area contributed by atoms with Gasteiger partial charge in [-0.05, 0) is 38.3 Å². The summed E-state index contributed by atoms with van der Waals surface area (Å²) in [6.45, 7) is 4.45. The predicted octanol–water partition coefficient (Wildman–Crippen LogP) is 3.40. The van der Waals surface area contributed by atoms with Crippen molar-refractivity contribution in [3.05, 3.63) is 34.3 Å². The molecule has 1 aromatic carbocycles. The molecule has 86 valence electrons. The molecule has 3 heteroatoms. The van der Waals surface area contributed by atoms with Crippen LogP contribution in [0.4, 0.5) is 0 Å². The Balaban J connectivity index is 2.30. The van der Waals surface area contributed by atoms with Gasteiger partial charge in [-0.15, -0.1) is 0 Å². The molecule has 1 saturated heterocycles. The largest absolute Gasteiger partial charge is 0.367 e. The molecule has 0 radical (unpaired) electrons. The molecule has 1 fully saturated rings. The second-order valence-corrected chi connectivity index (χ2v) is 4.88. The van der Waals surface area contributed by atoms with Gasteiger partial charge in [-0.3, -0.25) is 4.79 Å². The van der Waals surface area contributed by atoms with E-state index in [2.05, 4.69) is 0 Å². The zero-order valence-electron chi connectivity index (χ0n) is 9.55. The highest BCUT2D eigenvalue weighted by Crippen LogP contribution is 2.30. The third-order valence-electron chi connectivity index (χ3n) is 3.13. The molecule has 0 amide bonds. The maximum atomic E-state index is 12.2. The minimum atomic E-state index is -0.654. The van der Waals surface area contributed by atoms with Crippen LogP contribution >= 0.6 is 11.6 Å². The van der Waals surface area contributed by atoms with E-state index < -0.39 is 5.60 Å². The molecule has 0 spiro atoms. The van der Waals surface area contributed by atoms with Gasteiger partial charge in [0.15, 0.2) is 5.78 Å². The van der Waals surface area contributed by atoms with Crippen LogP contribution in [0.25, 0.3) is 0 Å². The maximum Gasteiger partial charge on any atom is 0.194 e. The van der Waals surface area contributed by atoms with Gasteiger partial charge in [0.1, 0.15) is 5.60 Å². The summed E-state index contributed by atoms with van der Waals surface area (Å²) >= 11 is 6.02. The highest BCUT2D eigenvalue weighted by molar-refractivity contribution is 6.31. The molecule has 16 heavy (non-hydrogen) atoms. The number of rotatable bonds is 2. The van der Waals surface area contributed by atoms with Crippen LogP contribution in [-0.2, 0) is 4.74 Å². The van der Waals surface area contributed by atoms with Crippen molar-refractivity contribution in [1.82, 2.24) is 0 Å². The highest BCUT2D eigenvalue weighted by atomic mass is 35.5. The van der Waals surface area contributed by atoms with Crippen LogP contribution in [0.5, 0.6) is 0 Å².